The fourth-order valence-corrected chi connectivity index (χ4v) is 19.4. The van der Waals surface area contributed by atoms with Crippen molar-refractivity contribution in [2.75, 3.05) is 50.0 Å². The normalized spacial score (nSPS) is 20.2. The van der Waals surface area contributed by atoms with E-state index in [1.807, 2.05) is 121 Å². The summed E-state index contributed by atoms with van der Waals surface area (Å²) in [5.74, 6) is 1.34. The second kappa shape index (κ2) is 34.1. The zero-order valence-electron chi connectivity index (χ0n) is 73.6. The smallest absolute Gasteiger partial charge is 0.410 e. The number of ether oxygens (including phenoxy) is 6. The zero-order chi connectivity index (χ0) is 89.0. The molecule has 8 heterocycles. The molecule has 2 aliphatic heterocycles. The number of carbonyl (C=O) groups excluding carboxylic acids is 3. The quantitative estimate of drug-likeness (QED) is 0.0199. The van der Waals surface area contributed by atoms with E-state index < -0.39 is 55.9 Å². The van der Waals surface area contributed by atoms with Gasteiger partial charge in [-0.15, -0.1) is 10.2 Å². The molecule has 0 unspecified atom stereocenters. The monoisotopic (exact) mass is 1710 g/mol. The number of carboxylic acids is 1. The van der Waals surface area contributed by atoms with Crippen molar-refractivity contribution in [3.8, 4) is 34.9 Å². The number of carboxylic acid groups (broad SMARTS) is 1. The number of fused-ring (bicyclic) bond motifs is 2. The maximum absolute atomic E-state index is 13.6. The second-order valence-corrected chi connectivity index (χ2v) is 39.5. The molecule has 120 heavy (non-hydrogen) atoms. The Kier molecular flexibility index (Phi) is 23.0. The number of amides is 3. The summed E-state index contributed by atoms with van der Waals surface area (Å²) in [7, 11) is -8.38. The molecule has 6 saturated carbocycles. The van der Waals surface area contributed by atoms with E-state index in [1.165, 1.54) is 58.0 Å². The van der Waals surface area contributed by atoms with Crippen molar-refractivity contribution in [2.24, 2.45) is 50.5 Å². The van der Waals surface area contributed by atoms with Crippen LogP contribution in [0.2, 0.25) is 5.15 Å². The third-order valence-corrected chi connectivity index (χ3v) is 26.4. The number of nitrogens with zero attached hydrogens (tertiary/aromatic N) is 10. The summed E-state index contributed by atoms with van der Waals surface area (Å²) >= 11 is 5.90. The lowest BCUT2D eigenvalue weighted by molar-refractivity contribution is 0.0118. The van der Waals surface area contributed by atoms with Crippen LogP contribution in [0.4, 0.5) is 21.2 Å². The van der Waals surface area contributed by atoms with Crippen LogP contribution in [0.25, 0.3) is 11.6 Å². The molecule has 8 aliphatic rings. The number of benzene rings is 2. The van der Waals surface area contributed by atoms with Gasteiger partial charge in [-0.05, 0) is 277 Å². The van der Waals surface area contributed by atoms with Gasteiger partial charge in [-0.25, -0.2) is 62.0 Å². The molecule has 0 bridgehead atoms. The number of aromatic nitrogens is 8. The fourth-order valence-electron chi connectivity index (χ4n) is 17.7. The Balaban J connectivity index is 0.000000167. The van der Waals surface area contributed by atoms with Gasteiger partial charge in [0.05, 0.1) is 24.3 Å². The summed E-state index contributed by atoms with van der Waals surface area (Å²) in [5, 5.41) is 28.7. The molecule has 32 heteroatoms. The molecule has 29 nitrogen and oxygen atoms in total. The molecule has 4 spiro atoms. The van der Waals surface area contributed by atoms with Gasteiger partial charge in [-0.1, -0.05) is 72.3 Å². The summed E-state index contributed by atoms with van der Waals surface area (Å²) in [4.78, 5) is 70.4. The molecule has 3 amide bonds. The summed E-state index contributed by atoms with van der Waals surface area (Å²) in [5.41, 5.74) is 1.04. The zero-order valence-corrected chi connectivity index (χ0v) is 71.9. The lowest BCUT2D eigenvalue weighted by atomic mass is 9.93. The number of nitrogens with one attached hydrogen (secondary N) is 3. The van der Waals surface area contributed by atoms with Crippen LogP contribution < -0.4 is 39.4 Å². The molecule has 16 rings (SSSR count). The maximum atomic E-state index is 13.6. The van der Waals surface area contributed by atoms with Crippen molar-refractivity contribution >= 4 is 67.3 Å². The maximum Gasteiger partial charge on any atom is 0.410 e. The highest BCUT2D eigenvalue weighted by Crippen LogP contribution is 2.94. The minimum atomic E-state index is -4.43. The van der Waals surface area contributed by atoms with Gasteiger partial charge < -0.3 is 54.0 Å². The molecule has 2 aromatic carbocycles. The molecule has 0 radical (unpaired) electrons. The number of sulfonamides is 2. The Morgan fingerprint density at radius 2 is 1.00 bits per heavy atom. The summed E-state index contributed by atoms with van der Waals surface area (Å²) in [6.07, 6.45) is 15.1. The summed E-state index contributed by atoms with van der Waals surface area (Å²) in [6.45, 7) is 22.1. The minimum absolute atomic E-state index is 0.00178. The van der Waals surface area contributed by atoms with E-state index in [1.54, 1.807) is 35.5 Å². The van der Waals surface area contributed by atoms with Crippen LogP contribution in [0.3, 0.4) is 0 Å². The summed E-state index contributed by atoms with van der Waals surface area (Å²) in [6, 6.07) is 34.0. The molecule has 8 fully saturated rings. The number of hydrogen-bond donors (Lipinski definition) is 5. The van der Waals surface area contributed by atoms with E-state index in [2.05, 4.69) is 59.3 Å². The van der Waals surface area contributed by atoms with Crippen LogP contribution in [-0.4, -0.2) is 157 Å². The number of pyridine rings is 4. The third kappa shape index (κ3) is 20.1. The van der Waals surface area contributed by atoms with Crippen molar-refractivity contribution in [3.05, 3.63) is 167 Å². The first-order valence-electron chi connectivity index (χ1n) is 43.0. The second-order valence-electron chi connectivity index (χ2n) is 36.0. The van der Waals surface area contributed by atoms with Gasteiger partial charge in [0.1, 0.15) is 29.6 Å². The summed E-state index contributed by atoms with van der Waals surface area (Å²) < 4.78 is 125. The minimum Gasteiger partial charge on any atom is -0.485 e. The predicted molar refractivity (Wildman–Crippen MR) is 450 cm³/mol. The number of anilines is 2. The molecule has 6 aliphatic carbocycles. The van der Waals surface area contributed by atoms with Crippen molar-refractivity contribution in [2.45, 2.75) is 217 Å². The first-order chi connectivity index (χ1) is 58.3. The van der Waals surface area contributed by atoms with Crippen LogP contribution >= 0.6 is 11.6 Å². The predicted octanol–water partition coefficient (Wildman–Crippen LogP) is 15.7. The van der Waals surface area contributed by atoms with Crippen molar-refractivity contribution in [1.29, 1.82) is 0 Å². The van der Waals surface area contributed by atoms with Crippen LogP contribution in [0.15, 0.2) is 150 Å². The Morgan fingerprint density at radius 1 is 0.567 bits per heavy atom. The van der Waals surface area contributed by atoms with E-state index in [0.717, 1.165) is 94.6 Å². The number of halogens is 1. The third-order valence-electron chi connectivity index (χ3n) is 24.1. The molecule has 8 aromatic rings. The van der Waals surface area contributed by atoms with Gasteiger partial charge in [-0.2, -0.15) is 8.42 Å². The Labute approximate surface area is 712 Å². The molecular weight excluding hydrogens is 1590 g/mol. The van der Waals surface area contributed by atoms with Crippen LogP contribution in [0, 0.1) is 45.3 Å². The van der Waals surface area contributed by atoms with E-state index >= 15 is 0 Å². The first-order valence-corrected chi connectivity index (χ1v) is 44.4. The van der Waals surface area contributed by atoms with E-state index in [-0.39, 0.29) is 121 Å². The molecule has 642 valence electrons. The highest BCUT2D eigenvalue weighted by molar-refractivity contribution is 7.90. The molecule has 6 aromatic heterocycles. The standard InChI is InChI=1S/C44H55N7O7S.C26H38N4O5S.C18H18ClN3O3/c1-41(2,3)58-40(53)50-28-31(26-42(50,4)5)12-9-23-45-38-33(57-29-30-10-7-6-8-11-30)14-16-37(47-38)59(54,55)49-39(52)32-13-15-35(46-27-32)51-24-17-36(48-51)56-25-18-34-43(19-20-43)44(34)21-22-44;1-25(2,3)35-24(31)30-17-20(16-26(30,4)5)12-9-15-28-23-21(13-14-22(29-23)36(27,32)33)34-18-19-10-7-6-8-11-19;19-15-11(16(23)24)1-2-13(20-15)22-9-3-14(21-22)25-10-4-12-17(5-6-17)18(12)7-8-18/h6-8,10-11,13-17,24,27,31,34H,9,12,18-23,25-26,28-29H2,1-5H3,(H,45,47)(H,49,52);6-8,10-11,13-14,20H,9,12,15-18H2,1-5H3,(H,28,29)(H2,27,32,33);1-3,9,12H,4-8,10H2,(H,23,24)/t31-;20-;/m00./s1/i18D2;;4D2. The van der Waals surface area contributed by atoms with Gasteiger partial charge in [0, 0.05) is 73.5 Å². The number of hydrogen-bond acceptors (Lipinski definition) is 22. The topological polar surface area (TPSA) is 368 Å². The lowest BCUT2D eigenvalue weighted by Crippen LogP contribution is -2.45. The first kappa shape index (κ1) is 80.9. The number of aromatic carboxylic acids is 1. The van der Waals surface area contributed by atoms with Crippen LogP contribution in [0.5, 0.6) is 23.3 Å². The number of rotatable bonds is 31. The average Bonchev–Trinajstić information content (AvgIpc) is 1.44. The highest BCUT2D eigenvalue weighted by atomic mass is 35.5. The van der Waals surface area contributed by atoms with Gasteiger partial charge >= 0.3 is 18.2 Å². The van der Waals surface area contributed by atoms with Gasteiger partial charge in [0.15, 0.2) is 44.8 Å². The van der Waals surface area contributed by atoms with Crippen molar-refractivity contribution in [1.82, 2.24) is 54.0 Å². The lowest BCUT2D eigenvalue weighted by Gasteiger charge is -2.33. The molecular formula is C88H111ClN14O15S2. The Morgan fingerprint density at radius 3 is 1.41 bits per heavy atom. The van der Waals surface area contributed by atoms with E-state index in [0.29, 0.717) is 80.0 Å². The number of likely N-dealkylation sites (tertiary alicyclic amines) is 2. The molecule has 6 N–H and O–H groups in total. The number of nitrogens with two attached hydrogens (primary N) is 1. The van der Waals surface area contributed by atoms with Gasteiger partial charge in [0.2, 0.25) is 11.8 Å². The SMILES string of the molecule is CC(C)(C)OC(=O)N1C[C@@H](CCCNc2nc(S(N)(=O)=O)ccc2OCc2ccccc2)CC1(C)C.[2H]C([2H])(COc1ccn(-c2ccc(C(=O)NS(=O)(=O)c3ccc(OCc4ccccc4)c(NCCC[C@@H]4CN(C(=O)OC(C)(C)C)C(C)(C)C4)n3)cn2)n1)C1C2(CC2)C12CC2.[2H]C([2H])(COc1ccn(-c2ccc(C(=O)O)c(Cl)n2)n1)C1C2(CC2)C12CC2. The van der Waals surface area contributed by atoms with E-state index in [4.69, 9.17) is 55.8 Å². The Hall–Kier alpha value is -10.1. The molecule has 2 atom stereocenters. The highest BCUT2D eigenvalue weighted by Gasteiger charge is 2.86. The van der Waals surface area contributed by atoms with Gasteiger partial charge in [0.25, 0.3) is 26.0 Å². The largest absolute Gasteiger partial charge is 0.485 e. The Bertz CT molecular complexity index is 5450. The van der Waals surface area contributed by atoms with Crippen molar-refractivity contribution in [3.63, 3.8) is 0 Å². The van der Waals surface area contributed by atoms with Crippen LogP contribution in [0.1, 0.15) is 209 Å². The average molecular weight is 1710 g/mol. The molecule has 2 saturated heterocycles. The van der Waals surface area contributed by atoms with Gasteiger partial charge in [-0.3, -0.25) is 4.79 Å². The van der Waals surface area contributed by atoms with Crippen molar-refractivity contribution < 1.29 is 75.0 Å². The fraction of sp³-hybridized carbons (Fsp3) is 0.523. The number of primary sulfonamides is 1. The van der Waals surface area contributed by atoms with E-state index in [9.17, 15) is 36.0 Å². The number of carbonyl (C=O) groups is 4. The van der Waals surface area contributed by atoms with Crippen LogP contribution in [-0.2, 0) is 42.7 Å².